The van der Waals surface area contributed by atoms with Crippen molar-refractivity contribution in [1.82, 2.24) is 0 Å². The van der Waals surface area contributed by atoms with Crippen LogP contribution in [0.25, 0.3) is 11.1 Å². The van der Waals surface area contributed by atoms with Crippen molar-refractivity contribution < 1.29 is 24.0 Å². The van der Waals surface area contributed by atoms with Crippen molar-refractivity contribution in [1.29, 1.82) is 0 Å². The van der Waals surface area contributed by atoms with Gasteiger partial charge in [0.1, 0.15) is 6.04 Å². The molecule has 3 aromatic carbocycles. The standard InChI is InChI=1S/C28H29N3O4/c1-18-6-15-25(19(2)17-18)30-27(33)29-24-13-11-22(12-14-24)21-7-9-23(10-8-21)26(32)31(28(34)35)16-4-5-20(31)3/h6-15,17,20H,4-5,16H2,1-3H3,(H2-,29,30,32,33,34,35)/p+1/t20-,31?/m1/s1. The lowest BCUT2D eigenvalue weighted by Crippen LogP contribution is -2.58. The Bertz CT molecular complexity index is 1270. The van der Waals surface area contributed by atoms with Crippen LogP contribution < -0.4 is 10.6 Å². The fraction of sp³-hybridized carbons (Fsp3) is 0.250. The van der Waals surface area contributed by atoms with Crippen LogP contribution in [0.15, 0.2) is 66.7 Å². The van der Waals surface area contributed by atoms with E-state index in [0.717, 1.165) is 40.8 Å². The smallest absolute Gasteiger partial charge is 0.435 e. The molecule has 3 N–H and O–H groups in total. The van der Waals surface area contributed by atoms with Crippen LogP contribution in [0.2, 0.25) is 0 Å². The molecule has 4 rings (SSSR count). The predicted octanol–water partition coefficient (Wildman–Crippen LogP) is 6.43. The molecule has 0 radical (unpaired) electrons. The first-order valence-electron chi connectivity index (χ1n) is 11.7. The highest BCUT2D eigenvalue weighted by Crippen LogP contribution is 2.31. The predicted molar refractivity (Wildman–Crippen MR) is 137 cm³/mol. The monoisotopic (exact) mass is 472 g/mol. The molecule has 1 saturated heterocycles. The van der Waals surface area contributed by atoms with Gasteiger partial charge in [0.25, 0.3) is 0 Å². The first kappa shape index (κ1) is 24.2. The van der Waals surface area contributed by atoms with Gasteiger partial charge in [0, 0.05) is 24.2 Å². The molecule has 2 atom stereocenters. The highest BCUT2D eigenvalue weighted by atomic mass is 16.4. The Morgan fingerprint density at radius 3 is 2.06 bits per heavy atom. The number of hydrogen-bond acceptors (Lipinski definition) is 3. The van der Waals surface area contributed by atoms with E-state index in [4.69, 9.17) is 0 Å². The maximum atomic E-state index is 13.1. The van der Waals surface area contributed by atoms with E-state index >= 15 is 0 Å². The summed E-state index contributed by atoms with van der Waals surface area (Å²) in [7, 11) is 0. The van der Waals surface area contributed by atoms with Crippen LogP contribution in [0.1, 0.15) is 41.3 Å². The summed E-state index contributed by atoms with van der Waals surface area (Å²) in [5.41, 5.74) is 5.74. The zero-order valence-corrected chi connectivity index (χ0v) is 20.2. The lowest BCUT2D eigenvalue weighted by molar-refractivity contribution is -0.785. The number of amides is 4. The molecular formula is C28H30N3O4+. The van der Waals surface area contributed by atoms with Crippen LogP contribution in [-0.4, -0.2) is 40.2 Å². The zero-order chi connectivity index (χ0) is 25.2. The van der Waals surface area contributed by atoms with Gasteiger partial charge in [-0.3, -0.25) is 0 Å². The molecule has 0 spiro atoms. The Morgan fingerprint density at radius 2 is 1.51 bits per heavy atom. The summed E-state index contributed by atoms with van der Waals surface area (Å²) in [6.07, 6.45) is 0.355. The molecule has 1 unspecified atom stereocenters. The van der Waals surface area contributed by atoms with Crippen LogP contribution in [0.5, 0.6) is 0 Å². The minimum atomic E-state index is -1.09. The summed E-state index contributed by atoms with van der Waals surface area (Å²) in [5.74, 6) is -0.372. The summed E-state index contributed by atoms with van der Waals surface area (Å²) in [6, 6.07) is 19.7. The summed E-state index contributed by atoms with van der Waals surface area (Å²) >= 11 is 0. The van der Waals surface area contributed by atoms with E-state index in [1.165, 1.54) is 0 Å². The third kappa shape index (κ3) is 4.81. The van der Waals surface area contributed by atoms with Gasteiger partial charge >= 0.3 is 18.0 Å². The van der Waals surface area contributed by atoms with Crippen LogP contribution in [0, 0.1) is 13.8 Å². The van der Waals surface area contributed by atoms with Crippen LogP contribution in [0.3, 0.4) is 0 Å². The summed E-state index contributed by atoms with van der Waals surface area (Å²) < 4.78 is -0.538. The number of urea groups is 1. The minimum absolute atomic E-state index is 0.244. The molecular weight excluding hydrogens is 442 g/mol. The number of likely N-dealkylation sites (tertiary alicyclic amines) is 1. The lowest BCUT2D eigenvalue weighted by Gasteiger charge is -2.29. The summed E-state index contributed by atoms with van der Waals surface area (Å²) in [6.45, 7) is 6.10. The van der Waals surface area contributed by atoms with Crippen molar-refractivity contribution in [2.45, 2.75) is 39.7 Å². The topological polar surface area (TPSA) is 95.5 Å². The zero-order valence-electron chi connectivity index (χ0n) is 20.2. The van der Waals surface area contributed by atoms with Crippen molar-refractivity contribution in [3.63, 3.8) is 0 Å². The van der Waals surface area contributed by atoms with Crippen molar-refractivity contribution in [2.24, 2.45) is 0 Å². The first-order valence-corrected chi connectivity index (χ1v) is 11.7. The molecule has 1 aliphatic rings. The van der Waals surface area contributed by atoms with Gasteiger partial charge in [-0.25, -0.2) is 9.59 Å². The van der Waals surface area contributed by atoms with Crippen molar-refractivity contribution >= 4 is 29.4 Å². The van der Waals surface area contributed by atoms with Gasteiger partial charge in [-0.15, -0.1) is 0 Å². The highest BCUT2D eigenvalue weighted by molar-refractivity contribution is 6.00. The van der Waals surface area contributed by atoms with E-state index in [1.807, 2.05) is 75.4 Å². The van der Waals surface area contributed by atoms with E-state index in [0.29, 0.717) is 17.8 Å². The molecule has 1 aliphatic heterocycles. The quantitative estimate of drug-likeness (QED) is 0.381. The summed E-state index contributed by atoms with van der Waals surface area (Å²) in [4.78, 5) is 37.5. The second-order valence-electron chi connectivity index (χ2n) is 9.22. The third-order valence-corrected chi connectivity index (χ3v) is 6.83. The normalized spacial score (nSPS) is 19.2. The largest absolute Gasteiger partial charge is 0.521 e. The fourth-order valence-corrected chi connectivity index (χ4v) is 4.77. The number of imide groups is 1. The van der Waals surface area contributed by atoms with Gasteiger partial charge in [-0.2, -0.15) is 9.28 Å². The molecule has 180 valence electrons. The Kier molecular flexibility index (Phi) is 6.71. The fourth-order valence-electron chi connectivity index (χ4n) is 4.77. The average molecular weight is 473 g/mol. The highest BCUT2D eigenvalue weighted by Gasteiger charge is 2.53. The molecule has 0 aliphatic carbocycles. The van der Waals surface area contributed by atoms with E-state index in [9.17, 15) is 19.5 Å². The third-order valence-electron chi connectivity index (χ3n) is 6.83. The Hall–Kier alpha value is -3.97. The number of benzene rings is 3. The first-order chi connectivity index (χ1) is 16.7. The van der Waals surface area contributed by atoms with Gasteiger partial charge in [-0.05, 0) is 67.8 Å². The van der Waals surface area contributed by atoms with Crippen LogP contribution in [0.4, 0.5) is 21.0 Å². The molecule has 1 heterocycles. The number of nitrogens with one attached hydrogen (secondary N) is 2. The Balaban J connectivity index is 1.43. The van der Waals surface area contributed by atoms with E-state index < -0.39 is 10.6 Å². The molecule has 4 amide bonds. The van der Waals surface area contributed by atoms with E-state index in [2.05, 4.69) is 10.6 Å². The number of hydrogen-bond donors (Lipinski definition) is 3. The minimum Gasteiger partial charge on any atom is -0.435 e. The molecule has 0 aromatic heterocycles. The molecule has 0 bridgehead atoms. The van der Waals surface area contributed by atoms with Crippen molar-refractivity contribution in [2.75, 3.05) is 17.2 Å². The second kappa shape index (κ2) is 9.72. The number of carbonyl (C=O) groups is 3. The van der Waals surface area contributed by atoms with Gasteiger partial charge in [0.2, 0.25) is 0 Å². The number of anilines is 2. The number of carbonyl (C=O) groups excluding carboxylic acids is 2. The average Bonchev–Trinajstić information content (AvgIpc) is 3.23. The lowest BCUT2D eigenvalue weighted by atomic mass is 10.0. The number of nitrogens with zero attached hydrogens (tertiary/aromatic N) is 1. The maximum absolute atomic E-state index is 13.1. The van der Waals surface area contributed by atoms with Gasteiger partial charge < -0.3 is 15.7 Å². The summed E-state index contributed by atoms with van der Waals surface area (Å²) in [5, 5.41) is 15.5. The maximum Gasteiger partial charge on any atom is 0.521 e. The molecule has 7 heteroatoms. The molecule has 7 nitrogen and oxygen atoms in total. The van der Waals surface area contributed by atoms with Gasteiger partial charge in [0.05, 0.1) is 12.1 Å². The molecule has 3 aromatic rings. The van der Waals surface area contributed by atoms with Crippen LogP contribution >= 0.6 is 0 Å². The number of carboxylic acid groups (broad SMARTS) is 1. The Morgan fingerprint density at radius 1 is 0.886 bits per heavy atom. The SMILES string of the molecule is Cc1ccc(NC(=O)Nc2ccc(-c3ccc(C(=O)[N+]4(C(=O)O)CCC[C@H]4C)cc3)cc2)c(C)c1. The molecule has 35 heavy (non-hydrogen) atoms. The van der Waals surface area contributed by atoms with Gasteiger partial charge in [0.15, 0.2) is 0 Å². The van der Waals surface area contributed by atoms with E-state index in [-0.39, 0.29) is 18.0 Å². The number of aryl methyl sites for hydroxylation is 2. The number of quaternary nitrogens is 1. The Labute approximate surface area is 205 Å². The second-order valence-corrected chi connectivity index (χ2v) is 9.22. The van der Waals surface area contributed by atoms with Crippen molar-refractivity contribution in [3.8, 4) is 11.1 Å². The number of rotatable bonds is 4. The molecule has 0 saturated carbocycles. The van der Waals surface area contributed by atoms with Gasteiger partial charge in [-0.1, -0.05) is 42.0 Å². The van der Waals surface area contributed by atoms with Crippen LogP contribution in [-0.2, 0) is 0 Å². The molecule has 1 fully saturated rings. The van der Waals surface area contributed by atoms with E-state index in [1.54, 1.807) is 12.1 Å². The van der Waals surface area contributed by atoms with Crippen molar-refractivity contribution in [3.05, 3.63) is 83.4 Å².